The molecule has 0 fully saturated rings. The number of aromatic carboxylic acids is 1. The summed E-state index contributed by atoms with van der Waals surface area (Å²) in [7, 11) is 0. The van der Waals surface area contributed by atoms with Gasteiger partial charge in [0, 0.05) is 16.0 Å². The van der Waals surface area contributed by atoms with Gasteiger partial charge >= 0.3 is 5.97 Å². The molecule has 0 aliphatic rings. The number of nitrogens with zero attached hydrogens (tertiary/aromatic N) is 3. The number of hydrogen-bond donors (Lipinski definition) is 1. The second-order valence-electron chi connectivity index (χ2n) is 8.13. The van der Waals surface area contributed by atoms with E-state index in [0.717, 1.165) is 16.5 Å². The molecule has 0 aliphatic carbocycles. The molecule has 178 valence electrons. The Labute approximate surface area is 210 Å². The van der Waals surface area contributed by atoms with Crippen molar-refractivity contribution in [3.05, 3.63) is 104 Å². The zero-order valence-corrected chi connectivity index (χ0v) is 20.9. The third-order valence-electron chi connectivity index (χ3n) is 5.71. The molecule has 0 bridgehead atoms. The van der Waals surface area contributed by atoms with Crippen molar-refractivity contribution in [3.63, 3.8) is 0 Å². The van der Waals surface area contributed by atoms with Crippen LogP contribution in [0.25, 0.3) is 10.9 Å². The lowest BCUT2D eigenvalue weighted by atomic mass is 10.1. The van der Waals surface area contributed by atoms with Crippen molar-refractivity contribution >= 4 is 39.0 Å². The van der Waals surface area contributed by atoms with Crippen molar-refractivity contribution in [2.24, 2.45) is 5.10 Å². The highest BCUT2D eigenvalue weighted by Gasteiger charge is 2.16. The van der Waals surface area contributed by atoms with Gasteiger partial charge in [-0.3, -0.25) is 4.79 Å². The van der Waals surface area contributed by atoms with Gasteiger partial charge in [0.05, 0.1) is 22.7 Å². The first-order chi connectivity index (χ1) is 16.9. The third kappa shape index (κ3) is 5.49. The molecule has 0 unspecified atom stereocenters. The summed E-state index contributed by atoms with van der Waals surface area (Å²) in [6.45, 7) is 4.32. The monoisotopic (exact) mass is 533 g/mol. The first kappa shape index (κ1) is 24.3. The van der Waals surface area contributed by atoms with E-state index in [9.17, 15) is 9.59 Å². The fraction of sp³-hybridized carbons (Fsp3) is 0.185. The Morgan fingerprint density at radius 3 is 2.63 bits per heavy atom. The summed E-state index contributed by atoms with van der Waals surface area (Å²) < 4.78 is 8.14. The number of para-hydroxylation sites is 1. The van der Waals surface area contributed by atoms with E-state index < -0.39 is 5.97 Å². The smallest absolute Gasteiger partial charge is 0.335 e. The molecule has 0 amide bonds. The molecule has 4 aromatic rings. The van der Waals surface area contributed by atoms with Crippen LogP contribution in [-0.2, 0) is 6.61 Å². The van der Waals surface area contributed by atoms with Gasteiger partial charge in [0.15, 0.2) is 0 Å². The van der Waals surface area contributed by atoms with Gasteiger partial charge in [-0.25, -0.2) is 9.78 Å². The van der Waals surface area contributed by atoms with E-state index in [4.69, 9.17) is 14.8 Å². The molecule has 0 saturated carbocycles. The maximum atomic E-state index is 13.3. The van der Waals surface area contributed by atoms with Gasteiger partial charge in [-0.15, -0.1) is 0 Å². The molecule has 0 radical (unpaired) electrons. The Morgan fingerprint density at radius 1 is 1.17 bits per heavy atom. The number of hydrogen-bond acceptors (Lipinski definition) is 5. The number of rotatable bonds is 8. The molecular formula is C27H24BrN3O4. The van der Waals surface area contributed by atoms with E-state index in [0.29, 0.717) is 28.0 Å². The molecule has 0 aliphatic heterocycles. The molecule has 0 saturated heterocycles. The Bertz CT molecular complexity index is 1460. The quantitative estimate of drug-likeness (QED) is 0.287. The number of carboxylic acid groups (broad SMARTS) is 1. The zero-order chi connectivity index (χ0) is 24.9. The molecule has 35 heavy (non-hydrogen) atoms. The van der Waals surface area contributed by atoms with Crippen LogP contribution in [0.4, 0.5) is 0 Å². The van der Waals surface area contributed by atoms with Crippen LogP contribution in [0, 0.1) is 0 Å². The largest absolute Gasteiger partial charge is 0.488 e. The first-order valence-electron chi connectivity index (χ1n) is 11.2. The van der Waals surface area contributed by atoms with Crippen LogP contribution >= 0.6 is 15.9 Å². The standard InChI is InChI=1S/C27H24BrN3O4/c1-3-17(2)25-30-23-13-12-21(28)14-22(23)26(32)31(25)29-15-20-6-4-5-7-24(20)35-16-18-8-10-19(11-9-18)27(33)34/h4-15,17H,3,16H2,1-2H3,(H,33,34)/t17-/m0/s1. The Hall–Kier alpha value is -3.78. The van der Waals surface area contributed by atoms with Crippen molar-refractivity contribution in [2.75, 3.05) is 0 Å². The van der Waals surface area contributed by atoms with Crippen molar-refractivity contribution < 1.29 is 14.6 Å². The average Bonchev–Trinajstić information content (AvgIpc) is 2.87. The topological polar surface area (TPSA) is 93.8 Å². The number of aromatic nitrogens is 2. The van der Waals surface area contributed by atoms with Crippen LogP contribution < -0.4 is 10.3 Å². The summed E-state index contributed by atoms with van der Waals surface area (Å²) in [6.07, 6.45) is 2.41. The maximum absolute atomic E-state index is 13.3. The minimum Gasteiger partial charge on any atom is -0.488 e. The molecule has 1 N–H and O–H groups in total. The fourth-order valence-corrected chi connectivity index (χ4v) is 3.88. The molecule has 8 heteroatoms. The van der Waals surface area contributed by atoms with Gasteiger partial charge in [-0.2, -0.15) is 9.78 Å². The van der Waals surface area contributed by atoms with E-state index in [1.807, 2.05) is 50.2 Å². The maximum Gasteiger partial charge on any atom is 0.335 e. The van der Waals surface area contributed by atoms with Gasteiger partial charge in [0.1, 0.15) is 18.2 Å². The van der Waals surface area contributed by atoms with Crippen LogP contribution in [0.3, 0.4) is 0 Å². The fourth-order valence-electron chi connectivity index (χ4n) is 3.52. The lowest BCUT2D eigenvalue weighted by molar-refractivity contribution is 0.0697. The number of halogens is 1. The molecule has 1 heterocycles. The molecule has 7 nitrogen and oxygen atoms in total. The number of ether oxygens (including phenoxy) is 1. The molecule has 1 atom stereocenters. The first-order valence-corrected chi connectivity index (χ1v) is 12.0. The highest BCUT2D eigenvalue weighted by atomic mass is 79.9. The van der Waals surface area contributed by atoms with E-state index in [1.54, 1.807) is 36.5 Å². The summed E-state index contributed by atoms with van der Waals surface area (Å²) in [5.41, 5.74) is 2.16. The molecule has 0 spiro atoms. The minimum atomic E-state index is -0.971. The van der Waals surface area contributed by atoms with Crippen molar-refractivity contribution in [2.45, 2.75) is 32.8 Å². The van der Waals surface area contributed by atoms with E-state index in [-0.39, 0.29) is 23.6 Å². The Morgan fingerprint density at radius 2 is 1.91 bits per heavy atom. The van der Waals surface area contributed by atoms with Crippen LogP contribution in [0.1, 0.15) is 53.5 Å². The van der Waals surface area contributed by atoms with E-state index >= 15 is 0 Å². The highest BCUT2D eigenvalue weighted by Crippen LogP contribution is 2.22. The van der Waals surface area contributed by atoms with E-state index in [2.05, 4.69) is 21.0 Å². The minimum absolute atomic E-state index is 0.0353. The summed E-state index contributed by atoms with van der Waals surface area (Å²) in [5.74, 6) is 0.253. The normalized spacial score (nSPS) is 12.2. The molecule has 1 aromatic heterocycles. The molecule has 3 aromatic carbocycles. The lowest BCUT2D eigenvalue weighted by Crippen LogP contribution is -2.23. The summed E-state index contributed by atoms with van der Waals surface area (Å²) in [6, 6.07) is 19.4. The number of benzene rings is 3. The van der Waals surface area contributed by atoms with Crippen molar-refractivity contribution in [1.29, 1.82) is 0 Å². The summed E-state index contributed by atoms with van der Waals surface area (Å²) >= 11 is 3.42. The van der Waals surface area contributed by atoms with Gasteiger partial charge in [0.25, 0.3) is 5.56 Å². The number of fused-ring (bicyclic) bond motifs is 1. The second kappa shape index (κ2) is 10.7. The Kier molecular flexibility index (Phi) is 7.41. The third-order valence-corrected chi connectivity index (χ3v) is 6.21. The van der Waals surface area contributed by atoms with Gasteiger partial charge < -0.3 is 9.84 Å². The van der Waals surface area contributed by atoms with Crippen LogP contribution in [0.5, 0.6) is 5.75 Å². The molecular weight excluding hydrogens is 510 g/mol. The predicted molar refractivity (Wildman–Crippen MR) is 140 cm³/mol. The van der Waals surface area contributed by atoms with Crippen molar-refractivity contribution in [3.8, 4) is 5.75 Å². The van der Waals surface area contributed by atoms with Gasteiger partial charge in [0.2, 0.25) is 0 Å². The average molecular weight is 534 g/mol. The zero-order valence-electron chi connectivity index (χ0n) is 19.3. The SMILES string of the molecule is CC[C@H](C)c1nc2ccc(Br)cc2c(=O)n1N=Cc1ccccc1OCc1ccc(C(=O)O)cc1. The second-order valence-corrected chi connectivity index (χ2v) is 9.05. The lowest BCUT2D eigenvalue weighted by Gasteiger charge is -2.14. The molecule has 4 rings (SSSR count). The number of carboxylic acids is 1. The predicted octanol–water partition coefficient (Wildman–Crippen LogP) is 5.83. The van der Waals surface area contributed by atoms with Gasteiger partial charge in [-0.1, -0.05) is 54.0 Å². The van der Waals surface area contributed by atoms with Crippen molar-refractivity contribution in [1.82, 2.24) is 9.66 Å². The summed E-state index contributed by atoms with van der Waals surface area (Å²) in [4.78, 5) is 29.1. The summed E-state index contributed by atoms with van der Waals surface area (Å²) in [5, 5.41) is 14.1. The highest BCUT2D eigenvalue weighted by molar-refractivity contribution is 9.10. The number of carbonyl (C=O) groups is 1. The van der Waals surface area contributed by atoms with Crippen LogP contribution in [0.15, 0.2) is 81.1 Å². The Balaban J connectivity index is 1.66. The van der Waals surface area contributed by atoms with Crippen LogP contribution in [-0.4, -0.2) is 27.0 Å². The van der Waals surface area contributed by atoms with Crippen LogP contribution in [0.2, 0.25) is 0 Å². The van der Waals surface area contributed by atoms with Gasteiger partial charge in [-0.05, 0) is 54.4 Å². The van der Waals surface area contributed by atoms with E-state index in [1.165, 1.54) is 4.68 Å².